The van der Waals surface area contributed by atoms with E-state index in [-0.39, 0.29) is 49.1 Å². The maximum atomic E-state index is 12.7. The Labute approximate surface area is 324 Å². The molecule has 0 saturated carbocycles. The number of unbranched alkanes of at least 4 members (excludes halogenated alkanes) is 15. The van der Waals surface area contributed by atoms with E-state index < -0.39 is 18.1 Å². The number of hydrogen-bond donors (Lipinski definition) is 0. The first-order valence-electron chi connectivity index (χ1n) is 20.9. The summed E-state index contributed by atoms with van der Waals surface area (Å²) in [7, 11) is 5.38. The lowest BCUT2D eigenvalue weighted by Crippen LogP contribution is -2.55. The van der Waals surface area contributed by atoms with Crippen molar-refractivity contribution < 1.29 is 38.2 Å². The molecule has 8 nitrogen and oxygen atoms in total. The Balaban J connectivity index is 4.47. The number of quaternary nitrogens is 1. The zero-order valence-electron chi connectivity index (χ0n) is 34.4. The van der Waals surface area contributed by atoms with Crippen molar-refractivity contribution in [3.05, 3.63) is 60.8 Å². The lowest BCUT2D eigenvalue weighted by atomic mass is 10.1. The van der Waals surface area contributed by atoms with E-state index in [1.165, 1.54) is 44.9 Å². The molecule has 0 aromatic carbocycles. The Bertz CT molecular complexity index is 1050. The highest BCUT2D eigenvalue weighted by Gasteiger charge is 2.25. The Morgan fingerprint density at radius 3 is 1.58 bits per heavy atom. The molecule has 0 spiro atoms. The number of carboxylic acids is 1. The fourth-order valence-electron chi connectivity index (χ4n) is 5.71. The normalized spacial score (nSPS) is 13.6. The van der Waals surface area contributed by atoms with Crippen LogP contribution in [0, 0.1) is 0 Å². The molecule has 0 radical (unpaired) electrons. The Morgan fingerprint density at radius 1 is 0.585 bits per heavy atom. The maximum Gasteiger partial charge on any atom is 0.306 e. The van der Waals surface area contributed by atoms with Crippen molar-refractivity contribution in [2.75, 3.05) is 41.0 Å². The largest absolute Gasteiger partial charge is 0.544 e. The molecule has 0 aromatic rings. The molecule has 2 atom stereocenters. The predicted octanol–water partition coefficient (Wildman–Crippen LogP) is 9.69. The summed E-state index contributed by atoms with van der Waals surface area (Å²) in [5.74, 6) is -1.80. The SMILES string of the molecule is CC/C=C/C=C/C=C/CCCCCCCC(=O)OCC(COCCC(C(=O)[O-])[N+](C)(C)C)OC(=O)CCCCC/C=C/C=C/CCCCCCCCC. The van der Waals surface area contributed by atoms with Gasteiger partial charge in [0.2, 0.25) is 0 Å². The summed E-state index contributed by atoms with van der Waals surface area (Å²) < 4.78 is 17.1. The van der Waals surface area contributed by atoms with Crippen molar-refractivity contribution >= 4 is 17.9 Å². The fraction of sp³-hybridized carbons (Fsp3) is 0.711. The molecule has 0 rings (SSSR count). The molecule has 0 aromatic heterocycles. The summed E-state index contributed by atoms with van der Waals surface area (Å²) in [5, 5.41) is 11.6. The number of allylic oxidation sites excluding steroid dienone is 10. The summed E-state index contributed by atoms with van der Waals surface area (Å²) in [5.41, 5.74) is 0. The van der Waals surface area contributed by atoms with Gasteiger partial charge in [-0.2, -0.15) is 0 Å². The molecule has 0 N–H and O–H groups in total. The van der Waals surface area contributed by atoms with E-state index >= 15 is 0 Å². The molecule has 0 bridgehead atoms. The second-order valence-electron chi connectivity index (χ2n) is 14.9. The van der Waals surface area contributed by atoms with E-state index in [1.807, 2.05) is 12.2 Å². The summed E-state index contributed by atoms with van der Waals surface area (Å²) >= 11 is 0. The number of rotatable bonds is 36. The van der Waals surface area contributed by atoms with Gasteiger partial charge < -0.3 is 28.6 Å². The second kappa shape index (κ2) is 36.0. The summed E-state index contributed by atoms with van der Waals surface area (Å²) in [4.78, 5) is 36.7. The van der Waals surface area contributed by atoms with Gasteiger partial charge in [-0.25, -0.2) is 0 Å². The van der Waals surface area contributed by atoms with Crippen LogP contribution in [0.3, 0.4) is 0 Å². The topological polar surface area (TPSA) is 102 Å². The van der Waals surface area contributed by atoms with Crippen LogP contribution in [-0.2, 0) is 28.6 Å². The van der Waals surface area contributed by atoms with Crippen molar-refractivity contribution in [3.8, 4) is 0 Å². The number of aliphatic carboxylic acids is 1. The molecule has 0 aliphatic carbocycles. The third-order valence-electron chi connectivity index (χ3n) is 8.98. The monoisotopic (exact) mass is 744 g/mol. The smallest absolute Gasteiger partial charge is 0.306 e. The highest BCUT2D eigenvalue weighted by atomic mass is 16.6. The van der Waals surface area contributed by atoms with E-state index in [0.29, 0.717) is 6.42 Å². The van der Waals surface area contributed by atoms with Crippen LogP contribution in [0.1, 0.15) is 155 Å². The van der Waals surface area contributed by atoms with Crippen LogP contribution in [0.5, 0.6) is 0 Å². The van der Waals surface area contributed by atoms with Gasteiger partial charge in [-0.3, -0.25) is 9.59 Å². The number of carboxylic acid groups (broad SMARTS) is 1. The molecule has 53 heavy (non-hydrogen) atoms. The number of carbonyl (C=O) groups is 3. The first-order valence-corrected chi connectivity index (χ1v) is 20.9. The number of ether oxygens (including phenoxy) is 3. The zero-order chi connectivity index (χ0) is 39.3. The van der Waals surface area contributed by atoms with Crippen molar-refractivity contribution in [3.63, 3.8) is 0 Å². The lowest BCUT2D eigenvalue weighted by Gasteiger charge is -2.34. The average molecular weight is 744 g/mol. The maximum absolute atomic E-state index is 12.7. The van der Waals surface area contributed by atoms with Gasteiger partial charge in [-0.05, 0) is 57.8 Å². The second-order valence-corrected chi connectivity index (χ2v) is 14.9. The number of hydrogen-bond acceptors (Lipinski definition) is 7. The molecule has 0 saturated heterocycles. The van der Waals surface area contributed by atoms with Crippen LogP contribution in [-0.4, -0.2) is 75.5 Å². The number of nitrogens with zero attached hydrogens (tertiary/aromatic N) is 1. The molecule has 0 aliphatic rings. The predicted molar refractivity (Wildman–Crippen MR) is 217 cm³/mol. The highest BCUT2D eigenvalue weighted by Crippen LogP contribution is 2.12. The van der Waals surface area contributed by atoms with Gasteiger partial charge in [-0.1, -0.05) is 139 Å². The first kappa shape index (κ1) is 50.0. The van der Waals surface area contributed by atoms with Gasteiger partial charge in [0, 0.05) is 19.3 Å². The fourth-order valence-corrected chi connectivity index (χ4v) is 5.71. The summed E-state index contributed by atoms with van der Waals surface area (Å²) in [6, 6.07) is -0.735. The quantitative estimate of drug-likeness (QED) is 0.0273. The van der Waals surface area contributed by atoms with Crippen molar-refractivity contribution in [1.29, 1.82) is 0 Å². The number of carbonyl (C=O) groups excluding carboxylic acids is 3. The van der Waals surface area contributed by atoms with Gasteiger partial charge in [-0.15, -0.1) is 0 Å². The minimum absolute atomic E-state index is 0.0207. The molecule has 304 valence electrons. The van der Waals surface area contributed by atoms with Crippen molar-refractivity contribution in [1.82, 2.24) is 0 Å². The Morgan fingerprint density at radius 2 is 1.06 bits per heavy atom. The van der Waals surface area contributed by atoms with Gasteiger partial charge in [0.1, 0.15) is 12.6 Å². The van der Waals surface area contributed by atoms with Crippen LogP contribution < -0.4 is 5.11 Å². The molecular weight excluding hydrogens is 666 g/mol. The van der Waals surface area contributed by atoms with E-state index in [1.54, 1.807) is 21.1 Å². The lowest BCUT2D eigenvalue weighted by molar-refractivity contribution is -0.889. The van der Waals surface area contributed by atoms with Crippen molar-refractivity contribution in [2.24, 2.45) is 0 Å². The molecule has 8 heteroatoms. The van der Waals surface area contributed by atoms with Gasteiger partial charge in [0.25, 0.3) is 0 Å². The van der Waals surface area contributed by atoms with Gasteiger partial charge in [0.15, 0.2) is 6.10 Å². The highest BCUT2D eigenvalue weighted by molar-refractivity contribution is 5.70. The molecule has 2 unspecified atom stereocenters. The van der Waals surface area contributed by atoms with E-state index in [2.05, 4.69) is 62.5 Å². The minimum atomic E-state index is -1.14. The third kappa shape index (κ3) is 34.5. The summed E-state index contributed by atoms with van der Waals surface area (Å²) in [6.07, 6.45) is 42.5. The standard InChI is InChI=1S/C45H77NO7/c1-6-8-10-12-14-16-18-20-21-22-24-26-28-30-32-34-36-44(48)53-41(39-51-38-37-42(45(49)50)46(3,4)5)40-52-43(47)35-33-31-29-27-25-23-19-17-15-13-11-9-7-2/h9,11,13,15,17,19,21-22,24,26,41-42H,6-8,10,12,14,16,18,20,23,25,27-40H2,1-5H3/b11-9+,15-13+,19-17+,22-21+,26-24+. The molecular formula is C45H77NO7. The van der Waals surface area contributed by atoms with Gasteiger partial charge in [0.05, 0.1) is 40.3 Å². The molecule has 0 amide bonds. The van der Waals surface area contributed by atoms with Crippen LogP contribution in [0.4, 0.5) is 0 Å². The van der Waals surface area contributed by atoms with Crippen molar-refractivity contribution in [2.45, 2.75) is 167 Å². The average Bonchev–Trinajstić information content (AvgIpc) is 3.11. The number of likely N-dealkylation sites (N-methyl/N-ethyl adjacent to an activating group) is 1. The van der Waals surface area contributed by atoms with Crippen LogP contribution in [0.2, 0.25) is 0 Å². The molecule has 0 heterocycles. The van der Waals surface area contributed by atoms with Gasteiger partial charge >= 0.3 is 11.9 Å². The van der Waals surface area contributed by atoms with E-state index in [4.69, 9.17) is 14.2 Å². The van der Waals surface area contributed by atoms with Crippen LogP contribution >= 0.6 is 0 Å². The Kier molecular flexibility index (Phi) is 34.0. The van der Waals surface area contributed by atoms with Crippen LogP contribution in [0.15, 0.2) is 60.8 Å². The third-order valence-corrected chi connectivity index (χ3v) is 8.98. The first-order chi connectivity index (χ1) is 25.6. The molecule has 0 aliphatic heterocycles. The minimum Gasteiger partial charge on any atom is -0.544 e. The Hall–Kier alpha value is -2.97. The molecule has 0 fully saturated rings. The zero-order valence-corrected chi connectivity index (χ0v) is 34.4. The van der Waals surface area contributed by atoms with E-state index in [0.717, 1.165) is 77.0 Å². The van der Waals surface area contributed by atoms with E-state index in [9.17, 15) is 19.5 Å². The van der Waals surface area contributed by atoms with Crippen LogP contribution in [0.25, 0.3) is 0 Å². The summed E-state index contributed by atoms with van der Waals surface area (Å²) in [6.45, 7) is 4.45. The number of esters is 2.